The highest BCUT2D eigenvalue weighted by atomic mass is 16.6. The van der Waals surface area contributed by atoms with Crippen LogP contribution in [0.3, 0.4) is 0 Å². The van der Waals surface area contributed by atoms with Gasteiger partial charge in [0.15, 0.2) is 5.78 Å². The van der Waals surface area contributed by atoms with Gasteiger partial charge in [0.1, 0.15) is 24.7 Å². The van der Waals surface area contributed by atoms with E-state index >= 15 is 0 Å². The van der Waals surface area contributed by atoms with Gasteiger partial charge < -0.3 is 23.7 Å². The van der Waals surface area contributed by atoms with E-state index in [0.717, 1.165) is 34.9 Å². The Bertz CT molecular complexity index is 1480. The molecule has 0 unspecified atom stereocenters. The Morgan fingerprint density at radius 3 is 1.91 bits per heavy atom. The number of ether oxygens (including phenoxy) is 5. The van der Waals surface area contributed by atoms with Gasteiger partial charge in [0, 0.05) is 17.2 Å². The largest absolute Gasteiger partial charge is 0.494 e. The third kappa shape index (κ3) is 12.0. The van der Waals surface area contributed by atoms with Crippen LogP contribution in [-0.2, 0) is 28.6 Å². The SMILES string of the molecule is C=CC(=O)OCCCCOc1ccc(-c2ccc(C(=O)/C=C/c3ccc(OCCOC(=O)C(=C)CC(=O)OC)cc3)cc2)cc1. The first-order chi connectivity index (χ1) is 21.8. The number of unbranched alkanes of at least 4 members (excludes halogenated alkanes) is 1. The van der Waals surface area contributed by atoms with Crippen LogP contribution in [0, 0.1) is 0 Å². The summed E-state index contributed by atoms with van der Waals surface area (Å²) in [5.41, 5.74) is 3.37. The van der Waals surface area contributed by atoms with Gasteiger partial charge in [-0.25, -0.2) is 9.59 Å². The number of carbonyl (C=O) groups excluding carboxylic acids is 4. The molecule has 45 heavy (non-hydrogen) atoms. The average molecular weight is 613 g/mol. The molecule has 0 saturated carbocycles. The van der Waals surface area contributed by atoms with Crippen molar-refractivity contribution < 1.29 is 42.9 Å². The van der Waals surface area contributed by atoms with E-state index in [1.165, 1.54) is 13.2 Å². The Balaban J connectivity index is 1.40. The Labute approximate surface area is 262 Å². The summed E-state index contributed by atoms with van der Waals surface area (Å²) >= 11 is 0. The first-order valence-electron chi connectivity index (χ1n) is 14.3. The number of carbonyl (C=O) groups is 4. The second-order valence-electron chi connectivity index (χ2n) is 9.64. The summed E-state index contributed by atoms with van der Waals surface area (Å²) in [7, 11) is 1.23. The molecule has 0 radical (unpaired) electrons. The van der Waals surface area contributed by atoms with Crippen molar-refractivity contribution in [3.05, 3.63) is 115 Å². The van der Waals surface area contributed by atoms with Gasteiger partial charge in [0.2, 0.25) is 0 Å². The lowest BCUT2D eigenvalue weighted by Crippen LogP contribution is -2.15. The molecule has 0 fully saturated rings. The zero-order valence-corrected chi connectivity index (χ0v) is 25.2. The summed E-state index contributed by atoms with van der Waals surface area (Å²) in [6, 6.07) is 22.2. The van der Waals surface area contributed by atoms with Crippen LogP contribution in [0.4, 0.5) is 0 Å². The molecule has 0 amide bonds. The maximum Gasteiger partial charge on any atom is 0.334 e. The fourth-order valence-electron chi connectivity index (χ4n) is 3.85. The second kappa shape index (κ2) is 18.3. The standard InChI is InChI=1S/C36H36O9/c1-4-34(38)44-22-6-5-21-42-32-18-14-29(15-19-32)28-10-12-30(13-11-28)33(37)20-9-27-7-16-31(17-8-27)43-23-24-45-36(40)26(2)25-35(39)41-3/h4,7-20H,1-2,5-6,21-25H2,3H3/b20-9+. The van der Waals surface area contributed by atoms with Gasteiger partial charge in [0.05, 0.1) is 26.7 Å². The molecule has 9 heteroatoms. The molecular formula is C36H36O9. The van der Waals surface area contributed by atoms with E-state index in [9.17, 15) is 19.2 Å². The molecule has 0 atom stereocenters. The average Bonchev–Trinajstić information content (AvgIpc) is 3.07. The third-order valence-corrected chi connectivity index (χ3v) is 6.34. The van der Waals surface area contributed by atoms with E-state index in [1.807, 2.05) is 36.4 Å². The number of benzene rings is 3. The molecule has 9 nitrogen and oxygen atoms in total. The summed E-state index contributed by atoms with van der Waals surface area (Å²) in [5.74, 6) is -0.473. The maximum absolute atomic E-state index is 12.7. The Hall–Kier alpha value is -5.44. The summed E-state index contributed by atoms with van der Waals surface area (Å²) < 4.78 is 25.8. The zero-order chi connectivity index (χ0) is 32.4. The zero-order valence-electron chi connectivity index (χ0n) is 25.2. The monoisotopic (exact) mass is 612 g/mol. The highest BCUT2D eigenvalue weighted by molar-refractivity contribution is 6.07. The molecular weight excluding hydrogens is 576 g/mol. The molecule has 0 saturated heterocycles. The Kier molecular flexibility index (Phi) is 13.8. The number of esters is 3. The molecule has 0 aliphatic carbocycles. The fraction of sp³-hybridized carbons (Fsp3) is 0.222. The van der Waals surface area contributed by atoms with E-state index in [4.69, 9.17) is 18.9 Å². The van der Waals surface area contributed by atoms with Crippen molar-refractivity contribution in [2.45, 2.75) is 19.3 Å². The highest BCUT2D eigenvalue weighted by Crippen LogP contribution is 2.23. The van der Waals surface area contributed by atoms with Gasteiger partial charge >= 0.3 is 17.9 Å². The summed E-state index contributed by atoms with van der Waals surface area (Å²) in [5, 5.41) is 0. The molecule has 3 aromatic rings. The lowest BCUT2D eigenvalue weighted by molar-refractivity contribution is -0.144. The molecule has 0 bridgehead atoms. The minimum absolute atomic E-state index is 0.00704. The van der Waals surface area contributed by atoms with Crippen molar-refractivity contribution in [1.82, 2.24) is 0 Å². The van der Waals surface area contributed by atoms with Crippen molar-refractivity contribution in [2.24, 2.45) is 0 Å². The minimum Gasteiger partial charge on any atom is -0.494 e. The smallest absolute Gasteiger partial charge is 0.334 e. The molecule has 0 heterocycles. The Morgan fingerprint density at radius 1 is 0.711 bits per heavy atom. The van der Waals surface area contributed by atoms with Crippen LogP contribution in [0.2, 0.25) is 0 Å². The van der Waals surface area contributed by atoms with E-state index in [2.05, 4.69) is 17.9 Å². The predicted molar refractivity (Wildman–Crippen MR) is 170 cm³/mol. The first kappa shape index (κ1) is 34.1. The van der Waals surface area contributed by atoms with Crippen LogP contribution < -0.4 is 9.47 Å². The lowest BCUT2D eigenvalue weighted by Gasteiger charge is -2.08. The van der Waals surface area contributed by atoms with E-state index in [-0.39, 0.29) is 31.0 Å². The van der Waals surface area contributed by atoms with Crippen LogP contribution in [-0.4, -0.2) is 57.2 Å². The minimum atomic E-state index is -0.681. The van der Waals surface area contributed by atoms with Gasteiger partial charge in [-0.15, -0.1) is 0 Å². The topological polar surface area (TPSA) is 114 Å². The number of hydrogen-bond acceptors (Lipinski definition) is 9. The molecule has 3 aromatic carbocycles. The van der Waals surface area contributed by atoms with Crippen molar-refractivity contribution in [2.75, 3.05) is 33.5 Å². The van der Waals surface area contributed by atoms with Gasteiger partial charge in [-0.1, -0.05) is 67.8 Å². The number of rotatable bonds is 18. The number of methoxy groups -OCH3 is 1. The molecule has 3 rings (SSSR count). The van der Waals surface area contributed by atoms with Crippen molar-refractivity contribution >= 4 is 29.8 Å². The predicted octanol–water partition coefficient (Wildman–Crippen LogP) is 6.18. The molecule has 0 aliphatic heterocycles. The normalized spacial score (nSPS) is 10.5. The van der Waals surface area contributed by atoms with Crippen molar-refractivity contribution in [3.8, 4) is 22.6 Å². The van der Waals surface area contributed by atoms with Gasteiger partial charge in [-0.05, 0) is 59.9 Å². The van der Waals surface area contributed by atoms with Gasteiger partial charge in [0.25, 0.3) is 0 Å². The molecule has 0 spiro atoms. The molecule has 0 N–H and O–H groups in total. The fourth-order valence-corrected chi connectivity index (χ4v) is 3.85. The van der Waals surface area contributed by atoms with E-state index in [0.29, 0.717) is 30.9 Å². The second-order valence-corrected chi connectivity index (χ2v) is 9.64. The maximum atomic E-state index is 12.7. The quantitative estimate of drug-likeness (QED) is 0.0546. The molecule has 0 aliphatic rings. The lowest BCUT2D eigenvalue weighted by atomic mass is 10.0. The van der Waals surface area contributed by atoms with Crippen LogP contribution in [0.15, 0.2) is 104 Å². The van der Waals surface area contributed by atoms with Crippen LogP contribution in [0.1, 0.15) is 35.2 Å². The van der Waals surface area contributed by atoms with E-state index < -0.39 is 17.9 Å². The molecule has 234 valence electrons. The summed E-state index contributed by atoms with van der Waals surface area (Å²) in [6.45, 7) is 7.85. The van der Waals surface area contributed by atoms with Gasteiger partial charge in [-0.3, -0.25) is 9.59 Å². The summed E-state index contributed by atoms with van der Waals surface area (Å²) in [4.78, 5) is 46.7. The van der Waals surface area contributed by atoms with Gasteiger partial charge in [-0.2, -0.15) is 0 Å². The van der Waals surface area contributed by atoms with Crippen LogP contribution in [0.25, 0.3) is 17.2 Å². The molecule has 0 aromatic heterocycles. The summed E-state index contributed by atoms with van der Waals surface area (Å²) in [6.07, 6.45) is 5.62. The number of ketones is 1. The Morgan fingerprint density at radius 2 is 1.29 bits per heavy atom. The van der Waals surface area contributed by atoms with Crippen LogP contribution >= 0.6 is 0 Å². The van der Waals surface area contributed by atoms with E-state index in [1.54, 1.807) is 42.5 Å². The first-order valence-corrected chi connectivity index (χ1v) is 14.3. The van der Waals surface area contributed by atoms with Crippen molar-refractivity contribution in [1.29, 1.82) is 0 Å². The number of hydrogen-bond donors (Lipinski definition) is 0. The van der Waals surface area contributed by atoms with Crippen LogP contribution in [0.5, 0.6) is 11.5 Å². The highest BCUT2D eigenvalue weighted by Gasteiger charge is 2.13. The number of allylic oxidation sites excluding steroid dienone is 1. The van der Waals surface area contributed by atoms with Crippen molar-refractivity contribution in [3.63, 3.8) is 0 Å². The third-order valence-electron chi connectivity index (χ3n) is 6.34.